The molecule has 1 heterocycles. The summed E-state index contributed by atoms with van der Waals surface area (Å²) in [6, 6.07) is 31.2. The summed E-state index contributed by atoms with van der Waals surface area (Å²) in [5.74, 6) is 0.628. The Hall–Kier alpha value is -4.16. The molecule has 1 saturated heterocycles. The van der Waals surface area contributed by atoms with Gasteiger partial charge in [0, 0.05) is 24.3 Å². The largest absolute Gasteiger partial charge is 0.491 e. The minimum absolute atomic E-state index is 0.0200. The van der Waals surface area contributed by atoms with E-state index in [1.165, 1.54) is 5.56 Å². The molecule has 4 aromatic rings. The van der Waals surface area contributed by atoms with Crippen LogP contribution in [-0.4, -0.2) is 44.1 Å². The standard InChI is InChI=1S/C30H29N3O3/c34-29-20-31-19-27(21-36-28-15-12-23-8-4-5-9-25(23)18-28)33(29)26-13-10-24(11-14-26)30(35)32-17-16-22-6-2-1-3-7-22/h1-15,18,27,31H,16-17,19-21H2,(H,32,35)/t27-/m1/s1. The van der Waals surface area contributed by atoms with Crippen LogP contribution in [0.5, 0.6) is 5.75 Å². The number of carbonyl (C=O) groups is 2. The number of nitrogens with one attached hydrogen (secondary N) is 2. The summed E-state index contributed by atoms with van der Waals surface area (Å²) >= 11 is 0. The van der Waals surface area contributed by atoms with Gasteiger partial charge in [0.15, 0.2) is 0 Å². The Morgan fingerprint density at radius 1 is 0.917 bits per heavy atom. The molecule has 5 rings (SSSR count). The molecule has 0 radical (unpaired) electrons. The molecule has 36 heavy (non-hydrogen) atoms. The maximum atomic E-state index is 12.8. The average Bonchev–Trinajstić information content (AvgIpc) is 2.92. The molecule has 0 aromatic heterocycles. The lowest BCUT2D eigenvalue weighted by molar-refractivity contribution is -0.119. The summed E-state index contributed by atoms with van der Waals surface area (Å²) in [5, 5.41) is 8.42. The van der Waals surface area contributed by atoms with Crippen LogP contribution < -0.4 is 20.3 Å². The minimum atomic E-state index is -0.164. The number of fused-ring (bicyclic) bond motifs is 1. The number of piperazine rings is 1. The molecule has 0 aliphatic carbocycles. The van der Waals surface area contributed by atoms with E-state index in [1.54, 1.807) is 17.0 Å². The Labute approximate surface area is 210 Å². The van der Waals surface area contributed by atoms with Gasteiger partial charge in [-0.1, -0.05) is 60.7 Å². The zero-order valence-electron chi connectivity index (χ0n) is 20.0. The lowest BCUT2D eigenvalue weighted by Gasteiger charge is -2.36. The van der Waals surface area contributed by atoms with Crippen molar-refractivity contribution >= 4 is 28.3 Å². The van der Waals surface area contributed by atoms with Crippen LogP contribution in [0, 0.1) is 0 Å². The highest BCUT2D eigenvalue weighted by molar-refractivity contribution is 5.98. The first kappa shape index (κ1) is 23.6. The average molecular weight is 480 g/mol. The molecule has 1 fully saturated rings. The Balaban J connectivity index is 1.22. The predicted molar refractivity (Wildman–Crippen MR) is 143 cm³/mol. The van der Waals surface area contributed by atoms with Crippen molar-refractivity contribution in [2.75, 3.05) is 31.1 Å². The zero-order chi connectivity index (χ0) is 24.7. The molecule has 1 aliphatic heterocycles. The molecular weight excluding hydrogens is 450 g/mol. The van der Waals surface area contributed by atoms with E-state index in [0.717, 1.165) is 28.6 Å². The number of hydrogen-bond acceptors (Lipinski definition) is 4. The fraction of sp³-hybridized carbons (Fsp3) is 0.200. The van der Waals surface area contributed by atoms with Crippen molar-refractivity contribution in [2.24, 2.45) is 0 Å². The number of rotatable bonds is 8. The Morgan fingerprint density at radius 2 is 1.67 bits per heavy atom. The van der Waals surface area contributed by atoms with Crippen molar-refractivity contribution in [2.45, 2.75) is 12.5 Å². The highest BCUT2D eigenvalue weighted by Gasteiger charge is 2.30. The molecule has 4 aromatic carbocycles. The van der Waals surface area contributed by atoms with E-state index in [2.05, 4.69) is 22.8 Å². The van der Waals surface area contributed by atoms with Gasteiger partial charge in [-0.15, -0.1) is 0 Å². The number of anilines is 1. The van der Waals surface area contributed by atoms with Gasteiger partial charge in [-0.25, -0.2) is 0 Å². The van der Waals surface area contributed by atoms with Crippen LogP contribution in [0.3, 0.4) is 0 Å². The molecule has 0 bridgehead atoms. The number of nitrogens with zero attached hydrogens (tertiary/aromatic N) is 1. The Kier molecular flexibility index (Phi) is 7.24. The molecule has 0 unspecified atom stereocenters. The third-order valence-electron chi connectivity index (χ3n) is 6.40. The zero-order valence-corrected chi connectivity index (χ0v) is 20.0. The minimum Gasteiger partial charge on any atom is -0.491 e. The van der Waals surface area contributed by atoms with Crippen molar-refractivity contribution in [3.63, 3.8) is 0 Å². The normalized spacial score (nSPS) is 15.6. The maximum absolute atomic E-state index is 12.8. The van der Waals surface area contributed by atoms with Gasteiger partial charge in [0.1, 0.15) is 12.4 Å². The van der Waals surface area contributed by atoms with Gasteiger partial charge in [0.05, 0.1) is 12.6 Å². The topological polar surface area (TPSA) is 70.7 Å². The van der Waals surface area contributed by atoms with Crippen molar-refractivity contribution in [1.29, 1.82) is 0 Å². The van der Waals surface area contributed by atoms with Crippen molar-refractivity contribution in [3.8, 4) is 5.75 Å². The highest BCUT2D eigenvalue weighted by atomic mass is 16.5. The lowest BCUT2D eigenvalue weighted by Crippen LogP contribution is -2.57. The van der Waals surface area contributed by atoms with Crippen LogP contribution in [0.1, 0.15) is 15.9 Å². The van der Waals surface area contributed by atoms with Crippen LogP contribution in [0.15, 0.2) is 97.1 Å². The van der Waals surface area contributed by atoms with Crippen molar-refractivity contribution in [1.82, 2.24) is 10.6 Å². The van der Waals surface area contributed by atoms with Gasteiger partial charge in [-0.3, -0.25) is 9.59 Å². The molecule has 6 heteroatoms. The van der Waals surface area contributed by atoms with Gasteiger partial charge < -0.3 is 20.3 Å². The third kappa shape index (κ3) is 5.56. The summed E-state index contributed by atoms with van der Waals surface area (Å²) in [5.41, 5.74) is 2.51. The number of hydrogen-bond donors (Lipinski definition) is 2. The second-order valence-electron chi connectivity index (χ2n) is 8.91. The molecule has 0 saturated carbocycles. The van der Waals surface area contributed by atoms with E-state index in [1.807, 2.05) is 72.8 Å². The Morgan fingerprint density at radius 3 is 2.47 bits per heavy atom. The van der Waals surface area contributed by atoms with E-state index in [9.17, 15) is 9.59 Å². The van der Waals surface area contributed by atoms with Crippen molar-refractivity contribution in [3.05, 3.63) is 108 Å². The molecule has 1 atom stereocenters. The SMILES string of the molecule is O=C(NCCc1ccccc1)c1ccc(N2C(=O)CNC[C@@H]2COc2ccc3ccccc3c2)cc1. The quantitative estimate of drug-likeness (QED) is 0.398. The third-order valence-corrected chi connectivity index (χ3v) is 6.40. The van der Waals surface area contributed by atoms with E-state index in [-0.39, 0.29) is 24.4 Å². The Bertz CT molecular complexity index is 1340. The first-order chi connectivity index (χ1) is 17.7. The molecule has 2 N–H and O–H groups in total. The number of carbonyl (C=O) groups excluding carboxylic acids is 2. The van der Waals surface area contributed by atoms with Gasteiger partial charge in [-0.2, -0.15) is 0 Å². The smallest absolute Gasteiger partial charge is 0.251 e. The summed E-state index contributed by atoms with van der Waals surface area (Å²) in [6.07, 6.45) is 0.777. The second kappa shape index (κ2) is 11.1. The first-order valence-electron chi connectivity index (χ1n) is 12.2. The van der Waals surface area contributed by atoms with Crippen LogP contribution in [0.4, 0.5) is 5.69 Å². The lowest BCUT2D eigenvalue weighted by atomic mass is 10.1. The summed E-state index contributed by atoms with van der Waals surface area (Å²) in [6.45, 7) is 1.82. The highest BCUT2D eigenvalue weighted by Crippen LogP contribution is 2.23. The van der Waals surface area contributed by atoms with E-state index in [4.69, 9.17) is 4.74 Å². The molecule has 0 spiro atoms. The van der Waals surface area contributed by atoms with E-state index < -0.39 is 0 Å². The predicted octanol–water partition coefficient (Wildman–Crippen LogP) is 4.20. The molecule has 182 valence electrons. The van der Waals surface area contributed by atoms with Crippen LogP contribution >= 0.6 is 0 Å². The summed E-state index contributed by atoms with van der Waals surface area (Å²) in [7, 11) is 0. The van der Waals surface area contributed by atoms with Gasteiger partial charge in [0.2, 0.25) is 5.91 Å². The van der Waals surface area contributed by atoms with E-state index >= 15 is 0 Å². The number of ether oxygens (including phenoxy) is 1. The first-order valence-corrected chi connectivity index (χ1v) is 12.2. The molecule has 1 aliphatic rings. The van der Waals surface area contributed by atoms with Gasteiger partial charge in [0.25, 0.3) is 5.91 Å². The van der Waals surface area contributed by atoms with Gasteiger partial charge >= 0.3 is 0 Å². The second-order valence-corrected chi connectivity index (χ2v) is 8.91. The van der Waals surface area contributed by atoms with Crippen molar-refractivity contribution < 1.29 is 14.3 Å². The van der Waals surface area contributed by atoms with Crippen LogP contribution in [0.2, 0.25) is 0 Å². The molecule has 6 nitrogen and oxygen atoms in total. The maximum Gasteiger partial charge on any atom is 0.251 e. The molecular formula is C30H29N3O3. The monoisotopic (exact) mass is 479 g/mol. The fourth-order valence-corrected chi connectivity index (χ4v) is 4.50. The summed E-state index contributed by atoms with van der Waals surface area (Å²) < 4.78 is 6.10. The van der Waals surface area contributed by atoms with Crippen LogP contribution in [0.25, 0.3) is 10.8 Å². The van der Waals surface area contributed by atoms with Gasteiger partial charge in [-0.05, 0) is 59.2 Å². The number of benzene rings is 4. The van der Waals surface area contributed by atoms with Crippen LogP contribution in [-0.2, 0) is 11.2 Å². The summed E-state index contributed by atoms with van der Waals surface area (Å²) in [4.78, 5) is 27.2. The molecule has 2 amide bonds. The fourth-order valence-electron chi connectivity index (χ4n) is 4.50. The van der Waals surface area contributed by atoms with E-state index in [0.29, 0.717) is 25.3 Å². The number of amides is 2.